The van der Waals surface area contributed by atoms with E-state index in [9.17, 15) is 4.79 Å². The minimum absolute atomic E-state index is 0.232. The Bertz CT molecular complexity index is 402. The predicted molar refractivity (Wildman–Crippen MR) is 63.4 cm³/mol. The summed E-state index contributed by atoms with van der Waals surface area (Å²) in [6, 6.07) is 3.07. The van der Waals surface area contributed by atoms with Crippen LogP contribution < -0.4 is 4.90 Å². The first kappa shape index (κ1) is 11.9. The molecule has 2 heterocycles. The molecule has 0 saturated carbocycles. The Labute approximate surface area is 100 Å². The van der Waals surface area contributed by atoms with Crippen molar-refractivity contribution in [3.8, 4) is 0 Å². The van der Waals surface area contributed by atoms with Gasteiger partial charge in [0, 0.05) is 26.4 Å². The van der Waals surface area contributed by atoms with Gasteiger partial charge in [-0.2, -0.15) is 0 Å². The number of aromatic nitrogens is 1. The molecule has 0 amide bonds. The zero-order valence-corrected chi connectivity index (χ0v) is 9.80. The maximum atomic E-state index is 10.8. The Morgan fingerprint density at radius 2 is 2.53 bits per heavy atom. The Balaban J connectivity index is 2.04. The Morgan fingerprint density at radius 3 is 3.18 bits per heavy atom. The van der Waals surface area contributed by atoms with Crippen molar-refractivity contribution in [2.24, 2.45) is 0 Å². The maximum absolute atomic E-state index is 10.8. The molecule has 92 valence electrons. The van der Waals surface area contributed by atoms with E-state index in [1.165, 1.54) is 12.3 Å². The first-order chi connectivity index (χ1) is 8.16. The highest BCUT2D eigenvalue weighted by atomic mass is 16.5. The fraction of sp³-hybridized carbons (Fsp3) is 0.500. The van der Waals surface area contributed by atoms with E-state index in [-0.39, 0.29) is 11.7 Å². The quantitative estimate of drug-likeness (QED) is 0.856. The molecule has 0 aromatic carbocycles. The third-order valence-corrected chi connectivity index (χ3v) is 2.89. The monoisotopic (exact) mass is 236 g/mol. The van der Waals surface area contributed by atoms with Crippen LogP contribution in [0.2, 0.25) is 0 Å². The smallest absolute Gasteiger partial charge is 0.335 e. The summed E-state index contributed by atoms with van der Waals surface area (Å²) < 4.78 is 5.54. The average Bonchev–Trinajstić information content (AvgIpc) is 2.82. The molecule has 1 N–H and O–H groups in total. The molecule has 1 aromatic rings. The van der Waals surface area contributed by atoms with Crippen molar-refractivity contribution in [1.82, 2.24) is 4.98 Å². The van der Waals surface area contributed by atoms with Crippen LogP contribution in [0.15, 0.2) is 18.3 Å². The molecule has 1 fully saturated rings. The third-order valence-electron chi connectivity index (χ3n) is 2.89. The van der Waals surface area contributed by atoms with Gasteiger partial charge in [-0.15, -0.1) is 0 Å². The van der Waals surface area contributed by atoms with E-state index in [1.54, 1.807) is 6.07 Å². The summed E-state index contributed by atoms with van der Waals surface area (Å²) in [5.74, 6) is -0.264. The number of rotatable bonds is 4. The molecule has 0 radical (unpaired) electrons. The number of hydrogen-bond donors (Lipinski definition) is 1. The van der Waals surface area contributed by atoms with Gasteiger partial charge in [0.2, 0.25) is 0 Å². The number of nitrogens with zero attached hydrogens (tertiary/aromatic N) is 2. The molecule has 1 aliphatic heterocycles. The molecular formula is C12H16N2O3. The highest BCUT2D eigenvalue weighted by Crippen LogP contribution is 2.17. The zero-order chi connectivity index (χ0) is 12.3. The minimum atomic E-state index is -0.931. The van der Waals surface area contributed by atoms with Crippen LogP contribution in [0, 0.1) is 0 Å². The van der Waals surface area contributed by atoms with Crippen molar-refractivity contribution >= 4 is 11.8 Å². The first-order valence-corrected chi connectivity index (χ1v) is 5.69. The molecule has 0 aliphatic carbocycles. The van der Waals surface area contributed by atoms with E-state index in [4.69, 9.17) is 9.84 Å². The van der Waals surface area contributed by atoms with Gasteiger partial charge in [-0.3, -0.25) is 0 Å². The number of ether oxygens (including phenoxy) is 1. The predicted octanol–water partition coefficient (Wildman–Crippen LogP) is 1.40. The number of likely N-dealkylation sites (N-methyl/N-ethyl adjacent to an activating group) is 1. The van der Waals surface area contributed by atoms with Gasteiger partial charge >= 0.3 is 5.97 Å². The lowest BCUT2D eigenvalue weighted by Gasteiger charge is -2.21. The fourth-order valence-corrected chi connectivity index (χ4v) is 1.95. The van der Waals surface area contributed by atoms with Crippen LogP contribution in [0.5, 0.6) is 0 Å². The van der Waals surface area contributed by atoms with Gasteiger partial charge in [-0.05, 0) is 25.0 Å². The van der Waals surface area contributed by atoms with Crippen molar-refractivity contribution in [2.75, 3.05) is 25.1 Å². The molecule has 0 spiro atoms. The second-order valence-corrected chi connectivity index (χ2v) is 4.22. The second kappa shape index (κ2) is 5.14. The van der Waals surface area contributed by atoms with E-state index < -0.39 is 5.97 Å². The van der Waals surface area contributed by atoms with Gasteiger partial charge in [0.15, 0.2) is 0 Å². The SMILES string of the molecule is CN(CC1CCCO1)c1cc(C(=O)O)ccn1. The van der Waals surface area contributed by atoms with Crippen LogP contribution in [-0.2, 0) is 4.74 Å². The van der Waals surface area contributed by atoms with E-state index in [2.05, 4.69) is 4.98 Å². The van der Waals surface area contributed by atoms with Gasteiger partial charge in [0.05, 0.1) is 11.7 Å². The van der Waals surface area contributed by atoms with E-state index in [1.807, 2.05) is 11.9 Å². The molecule has 5 nitrogen and oxygen atoms in total. The number of carboxylic acids is 1. The van der Waals surface area contributed by atoms with E-state index in [0.717, 1.165) is 26.0 Å². The summed E-state index contributed by atoms with van der Waals surface area (Å²) in [6.45, 7) is 1.57. The maximum Gasteiger partial charge on any atom is 0.335 e. The van der Waals surface area contributed by atoms with Crippen LogP contribution in [0.25, 0.3) is 0 Å². The molecule has 1 saturated heterocycles. The normalized spacial score (nSPS) is 19.2. The van der Waals surface area contributed by atoms with Crippen molar-refractivity contribution < 1.29 is 14.6 Å². The number of hydrogen-bond acceptors (Lipinski definition) is 4. The lowest BCUT2D eigenvalue weighted by molar-refractivity contribution is 0.0697. The van der Waals surface area contributed by atoms with Gasteiger partial charge < -0.3 is 14.7 Å². The fourth-order valence-electron chi connectivity index (χ4n) is 1.95. The lowest BCUT2D eigenvalue weighted by atomic mass is 10.2. The number of carboxylic acid groups (broad SMARTS) is 1. The van der Waals surface area contributed by atoms with Crippen LogP contribution in [0.3, 0.4) is 0 Å². The summed E-state index contributed by atoms with van der Waals surface area (Å²) in [5, 5.41) is 8.90. The molecule has 1 aromatic heterocycles. The van der Waals surface area contributed by atoms with Crippen LogP contribution in [0.1, 0.15) is 23.2 Å². The van der Waals surface area contributed by atoms with E-state index in [0.29, 0.717) is 5.82 Å². The van der Waals surface area contributed by atoms with Gasteiger partial charge in [0.25, 0.3) is 0 Å². The standard InChI is InChI=1S/C12H16N2O3/c1-14(8-10-3-2-6-17-10)11-7-9(12(15)16)4-5-13-11/h4-5,7,10H,2-3,6,8H2,1H3,(H,15,16). The van der Waals surface area contributed by atoms with Crippen molar-refractivity contribution in [3.63, 3.8) is 0 Å². The minimum Gasteiger partial charge on any atom is -0.478 e. The van der Waals surface area contributed by atoms with Crippen molar-refractivity contribution in [1.29, 1.82) is 0 Å². The Morgan fingerprint density at radius 1 is 1.71 bits per heavy atom. The van der Waals surface area contributed by atoms with Gasteiger partial charge in [-0.1, -0.05) is 0 Å². The number of anilines is 1. The molecule has 2 rings (SSSR count). The molecule has 1 unspecified atom stereocenters. The Kier molecular flexibility index (Phi) is 3.58. The van der Waals surface area contributed by atoms with Gasteiger partial charge in [-0.25, -0.2) is 9.78 Å². The summed E-state index contributed by atoms with van der Waals surface area (Å²) in [7, 11) is 1.90. The largest absolute Gasteiger partial charge is 0.478 e. The summed E-state index contributed by atoms with van der Waals surface area (Å²) in [6.07, 6.45) is 3.91. The highest BCUT2D eigenvalue weighted by Gasteiger charge is 2.18. The molecule has 0 bridgehead atoms. The summed E-state index contributed by atoms with van der Waals surface area (Å²) >= 11 is 0. The molecule has 17 heavy (non-hydrogen) atoms. The highest BCUT2D eigenvalue weighted by molar-refractivity contribution is 5.88. The zero-order valence-electron chi connectivity index (χ0n) is 9.80. The summed E-state index contributed by atoms with van der Waals surface area (Å²) in [5.41, 5.74) is 0.259. The molecule has 1 aliphatic rings. The molecular weight excluding hydrogens is 220 g/mol. The Hall–Kier alpha value is -1.62. The van der Waals surface area contributed by atoms with Crippen molar-refractivity contribution in [3.05, 3.63) is 23.9 Å². The van der Waals surface area contributed by atoms with Crippen LogP contribution in [0.4, 0.5) is 5.82 Å². The van der Waals surface area contributed by atoms with E-state index >= 15 is 0 Å². The lowest BCUT2D eigenvalue weighted by Crippen LogP contribution is -2.29. The van der Waals surface area contributed by atoms with Crippen molar-refractivity contribution in [2.45, 2.75) is 18.9 Å². The summed E-state index contributed by atoms with van der Waals surface area (Å²) in [4.78, 5) is 17.0. The number of carbonyl (C=O) groups is 1. The first-order valence-electron chi connectivity index (χ1n) is 5.69. The van der Waals surface area contributed by atoms with Crippen LogP contribution in [-0.4, -0.2) is 42.4 Å². The van der Waals surface area contributed by atoms with Gasteiger partial charge in [0.1, 0.15) is 5.82 Å². The number of aromatic carboxylic acids is 1. The molecule has 5 heteroatoms. The average molecular weight is 236 g/mol. The second-order valence-electron chi connectivity index (χ2n) is 4.22. The number of pyridine rings is 1. The van der Waals surface area contributed by atoms with Crippen LogP contribution >= 0.6 is 0 Å². The topological polar surface area (TPSA) is 62.7 Å². The third kappa shape index (κ3) is 2.94. The molecule has 1 atom stereocenters.